The molecule has 0 unspecified atom stereocenters. The fourth-order valence-electron chi connectivity index (χ4n) is 1.17. The molecule has 0 saturated heterocycles. The average molecular weight is 220 g/mol. The Labute approximate surface area is 89.6 Å². The van der Waals surface area contributed by atoms with Crippen molar-refractivity contribution in [2.45, 2.75) is 36.4 Å². The van der Waals surface area contributed by atoms with Crippen LogP contribution >= 0.6 is 0 Å². The summed E-state index contributed by atoms with van der Waals surface area (Å²) in [6.07, 6.45) is 1.78. The van der Waals surface area contributed by atoms with Crippen molar-refractivity contribution < 1.29 is 0 Å². The second-order valence-electron chi connectivity index (χ2n) is 4.09. The minimum Gasteiger partial charge on any atom is -0.330 e. The summed E-state index contributed by atoms with van der Waals surface area (Å²) >= 11 is 0. The predicted octanol–water partition coefficient (Wildman–Crippen LogP) is -4.13. The van der Waals surface area contributed by atoms with E-state index in [-0.39, 0.29) is 0 Å². The molecule has 0 rings (SSSR count). The molecule has 0 radical (unpaired) electrons. The van der Waals surface area contributed by atoms with Gasteiger partial charge in [-0.3, -0.25) is 17.2 Å². The lowest BCUT2D eigenvalue weighted by atomic mass is 9.85. The molecule has 0 bridgehead atoms. The van der Waals surface area contributed by atoms with E-state index in [0.717, 1.165) is 6.42 Å². The van der Waals surface area contributed by atoms with E-state index in [0.29, 0.717) is 19.4 Å². The van der Waals surface area contributed by atoms with Crippen molar-refractivity contribution in [3.63, 3.8) is 0 Å². The summed E-state index contributed by atoms with van der Waals surface area (Å²) in [5.41, 5.74) is 41.3. The SMILES string of the molecule is NCCCCC(N)(N)C(N)(N)C(N)(N)N. The molecule has 0 aromatic carbocycles. The Morgan fingerprint density at radius 2 is 1.20 bits per heavy atom. The Bertz CT molecular complexity index is 194. The summed E-state index contributed by atoms with van der Waals surface area (Å²) in [6, 6.07) is 0. The van der Waals surface area contributed by atoms with Gasteiger partial charge in [-0.05, 0) is 25.8 Å². The van der Waals surface area contributed by atoms with Gasteiger partial charge in [-0.15, -0.1) is 0 Å². The average Bonchev–Trinajstić information content (AvgIpc) is 2.02. The molecule has 0 aromatic heterocycles. The first kappa shape index (κ1) is 14.7. The Balaban J connectivity index is 4.56. The van der Waals surface area contributed by atoms with Gasteiger partial charge in [-0.2, -0.15) is 0 Å². The molecule has 8 nitrogen and oxygen atoms in total. The van der Waals surface area contributed by atoms with Crippen LogP contribution in [0.1, 0.15) is 19.3 Å². The first-order chi connectivity index (χ1) is 6.56. The van der Waals surface area contributed by atoms with Crippen LogP contribution in [0.5, 0.6) is 0 Å². The Morgan fingerprint density at radius 1 is 0.733 bits per heavy atom. The van der Waals surface area contributed by atoms with Crippen LogP contribution in [0.2, 0.25) is 0 Å². The zero-order chi connectivity index (χ0) is 12.3. The molecule has 0 amide bonds. The van der Waals surface area contributed by atoms with E-state index in [1.165, 1.54) is 0 Å². The third-order valence-electron chi connectivity index (χ3n) is 2.53. The molecule has 0 saturated carbocycles. The molecule has 0 atom stereocenters. The highest BCUT2D eigenvalue weighted by Gasteiger charge is 2.50. The van der Waals surface area contributed by atoms with E-state index in [1.807, 2.05) is 0 Å². The maximum absolute atomic E-state index is 5.77. The van der Waals surface area contributed by atoms with Gasteiger partial charge in [0.15, 0.2) is 5.79 Å². The summed E-state index contributed by atoms with van der Waals surface area (Å²) in [5, 5.41) is 0. The predicted molar refractivity (Wildman–Crippen MR) is 60.4 cm³/mol. The van der Waals surface area contributed by atoms with Gasteiger partial charge in [-0.25, -0.2) is 0 Å². The van der Waals surface area contributed by atoms with E-state index in [1.54, 1.807) is 0 Å². The maximum Gasteiger partial charge on any atom is 0.151 e. The van der Waals surface area contributed by atoms with Crippen LogP contribution in [0.15, 0.2) is 0 Å². The molecule has 0 aliphatic heterocycles. The molecule has 15 heavy (non-hydrogen) atoms. The lowest BCUT2D eigenvalue weighted by molar-refractivity contribution is 0.114. The van der Waals surface area contributed by atoms with Crippen LogP contribution in [-0.4, -0.2) is 23.7 Å². The highest BCUT2D eigenvalue weighted by atomic mass is 15.3. The van der Waals surface area contributed by atoms with Crippen molar-refractivity contribution >= 4 is 0 Å². The molecule has 8 heteroatoms. The van der Waals surface area contributed by atoms with Crippen molar-refractivity contribution in [1.82, 2.24) is 0 Å². The topological polar surface area (TPSA) is 208 Å². The van der Waals surface area contributed by atoms with Crippen LogP contribution in [0, 0.1) is 0 Å². The molecule has 0 fully saturated rings. The highest BCUT2D eigenvalue weighted by molar-refractivity contribution is 5.09. The van der Waals surface area contributed by atoms with Crippen molar-refractivity contribution in [2.75, 3.05) is 6.54 Å². The van der Waals surface area contributed by atoms with Gasteiger partial charge < -0.3 is 28.7 Å². The molecule has 0 aliphatic carbocycles. The summed E-state index contributed by atoms with van der Waals surface area (Å²) in [6.45, 7) is 0.539. The summed E-state index contributed by atoms with van der Waals surface area (Å²) in [5.74, 6) is -1.85. The van der Waals surface area contributed by atoms with Gasteiger partial charge in [0.25, 0.3) is 0 Å². The normalized spacial score (nSPS) is 14.4. The lowest BCUT2D eigenvalue weighted by Crippen LogP contribution is -2.92. The smallest absolute Gasteiger partial charge is 0.151 e. The second kappa shape index (κ2) is 4.68. The van der Waals surface area contributed by atoms with Gasteiger partial charge in [0.1, 0.15) is 11.3 Å². The third kappa shape index (κ3) is 3.33. The Morgan fingerprint density at radius 3 is 1.53 bits per heavy atom. The van der Waals surface area contributed by atoms with Crippen molar-refractivity contribution in [3.8, 4) is 0 Å². The van der Waals surface area contributed by atoms with Gasteiger partial charge in [-0.1, -0.05) is 0 Å². The largest absolute Gasteiger partial charge is 0.330 e. The van der Waals surface area contributed by atoms with Gasteiger partial charge >= 0.3 is 0 Å². The molecular weight excluding hydrogens is 196 g/mol. The fraction of sp³-hybridized carbons (Fsp3) is 1.00. The molecule has 0 aromatic rings. The van der Waals surface area contributed by atoms with Crippen LogP contribution in [0.25, 0.3) is 0 Å². The van der Waals surface area contributed by atoms with Crippen molar-refractivity contribution in [3.05, 3.63) is 0 Å². The minimum absolute atomic E-state index is 0.338. The van der Waals surface area contributed by atoms with Gasteiger partial charge in [0.05, 0.1) is 0 Å². The standard InChI is InChI=1S/C7H24N8/c8-4-2-1-3-5(9,10)6(11,12)7(13,14)15/h1-4,8-15H2. The summed E-state index contributed by atoms with van der Waals surface area (Å²) < 4.78 is 0. The summed E-state index contributed by atoms with van der Waals surface area (Å²) in [7, 11) is 0. The number of nitrogens with two attached hydrogens (primary N) is 8. The highest BCUT2D eigenvalue weighted by Crippen LogP contribution is 2.17. The van der Waals surface area contributed by atoms with E-state index in [9.17, 15) is 0 Å². The molecule has 0 aliphatic rings. The minimum atomic E-state index is -1.85. The quantitative estimate of drug-likeness (QED) is 0.162. The molecule has 16 N–H and O–H groups in total. The van der Waals surface area contributed by atoms with Crippen molar-refractivity contribution in [1.29, 1.82) is 0 Å². The fourth-order valence-corrected chi connectivity index (χ4v) is 1.17. The molecule has 0 spiro atoms. The Hall–Kier alpha value is -0.320. The second-order valence-corrected chi connectivity index (χ2v) is 4.09. The monoisotopic (exact) mass is 220 g/mol. The zero-order valence-corrected chi connectivity index (χ0v) is 8.95. The molecule has 92 valence electrons. The number of rotatable bonds is 6. The first-order valence-electron chi connectivity index (χ1n) is 4.78. The number of hydrogen-bond acceptors (Lipinski definition) is 8. The maximum atomic E-state index is 5.77. The van der Waals surface area contributed by atoms with Crippen LogP contribution in [-0.2, 0) is 0 Å². The van der Waals surface area contributed by atoms with E-state index >= 15 is 0 Å². The first-order valence-corrected chi connectivity index (χ1v) is 4.78. The van der Waals surface area contributed by atoms with E-state index < -0.39 is 17.1 Å². The van der Waals surface area contributed by atoms with Crippen LogP contribution in [0.4, 0.5) is 0 Å². The van der Waals surface area contributed by atoms with Crippen LogP contribution in [0.3, 0.4) is 0 Å². The summed E-state index contributed by atoms with van der Waals surface area (Å²) in [4.78, 5) is 0. The molecular formula is C7H24N8. The Kier molecular flexibility index (Phi) is 4.58. The number of hydrogen-bond donors (Lipinski definition) is 8. The number of unbranched alkanes of at least 4 members (excludes halogenated alkanes) is 1. The molecule has 0 heterocycles. The van der Waals surface area contributed by atoms with Gasteiger partial charge in [0, 0.05) is 0 Å². The lowest BCUT2D eigenvalue weighted by Gasteiger charge is -2.47. The van der Waals surface area contributed by atoms with Gasteiger partial charge in [0.2, 0.25) is 0 Å². The zero-order valence-electron chi connectivity index (χ0n) is 8.95. The van der Waals surface area contributed by atoms with Crippen molar-refractivity contribution in [2.24, 2.45) is 45.9 Å². The van der Waals surface area contributed by atoms with Crippen LogP contribution < -0.4 is 45.9 Å². The van der Waals surface area contributed by atoms with E-state index in [4.69, 9.17) is 45.9 Å². The van der Waals surface area contributed by atoms with E-state index in [2.05, 4.69) is 0 Å². The third-order valence-corrected chi connectivity index (χ3v) is 2.53.